The number of alkyl halides is 1. The van der Waals surface area contributed by atoms with Crippen LogP contribution in [0.3, 0.4) is 0 Å². The maximum Gasteiger partial charge on any atom is 0.151 e. The average molecular weight is 262 g/mol. The van der Waals surface area contributed by atoms with Gasteiger partial charge in [-0.3, -0.25) is 0 Å². The van der Waals surface area contributed by atoms with Crippen LogP contribution < -0.4 is 0 Å². The highest BCUT2D eigenvalue weighted by atomic mass is 19.1. The Kier molecular flexibility index (Phi) is 2.29. The highest BCUT2D eigenvalue weighted by Gasteiger charge is 2.26. The Hall–Kier alpha value is -2.15. The molecule has 3 aromatic rings. The monoisotopic (exact) mass is 262 g/mol. The van der Waals surface area contributed by atoms with Crippen molar-refractivity contribution in [2.24, 2.45) is 0 Å². The fourth-order valence-corrected chi connectivity index (χ4v) is 3.32. The first-order chi connectivity index (χ1) is 9.66. The summed E-state index contributed by atoms with van der Waals surface area (Å²) in [5.41, 5.74) is 6.10. The summed E-state index contributed by atoms with van der Waals surface area (Å²) in [7, 11) is 0. The van der Waals surface area contributed by atoms with Crippen LogP contribution in [0, 0.1) is 13.8 Å². The Morgan fingerprint density at radius 3 is 2.50 bits per heavy atom. The molecule has 20 heavy (non-hydrogen) atoms. The van der Waals surface area contributed by atoms with Crippen molar-refractivity contribution in [1.82, 2.24) is 0 Å². The van der Waals surface area contributed by atoms with Gasteiger partial charge < -0.3 is 0 Å². The van der Waals surface area contributed by atoms with Gasteiger partial charge in [0, 0.05) is 0 Å². The van der Waals surface area contributed by atoms with E-state index in [1.54, 1.807) is 0 Å². The molecule has 0 N–H and O–H groups in total. The smallest absolute Gasteiger partial charge is 0.151 e. The molecule has 3 aromatic carbocycles. The summed E-state index contributed by atoms with van der Waals surface area (Å²) in [5, 5.41) is 2.24. The first-order valence-corrected chi connectivity index (χ1v) is 6.94. The third kappa shape index (κ3) is 1.41. The molecular weight excluding hydrogens is 247 g/mol. The molecule has 1 unspecified atom stereocenters. The van der Waals surface area contributed by atoms with Gasteiger partial charge in [0.1, 0.15) is 0 Å². The molecule has 0 saturated heterocycles. The van der Waals surface area contributed by atoms with Crippen LogP contribution in [0.2, 0.25) is 0 Å². The number of hydrogen-bond acceptors (Lipinski definition) is 0. The van der Waals surface area contributed by atoms with E-state index in [4.69, 9.17) is 0 Å². The fourth-order valence-electron chi connectivity index (χ4n) is 3.32. The molecule has 1 atom stereocenters. The number of rotatable bonds is 0. The molecule has 0 saturated carbocycles. The van der Waals surface area contributed by atoms with E-state index in [-0.39, 0.29) is 0 Å². The van der Waals surface area contributed by atoms with E-state index < -0.39 is 6.17 Å². The predicted octanol–water partition coefficient (Wildman–Crippen LogP) is 5.50. The Morgan fingerprint density at radius 1 is 0.850 bits per heavy atom. The van der Waals surface area contributed by atoms with Gasteiger partial charge in [0.15, 0.2) is 6.17 Å². The average Bonchev–Trinajstić information content (AvgIpc) is 2.46. The summed E-state index contributed by atoms with van der Waals surface area (Å²) in [6, 6.07) is 16.3. The SMILES string of the molecule is Cc1ccc2c(c1)C(F)c1cccc3c(C)ccc-2c13. The zero-order valence-corrected chi connectivity index (χ0v) is 11.6. The van der Waals surface area contributed by atoms with Gasteiger partial charge in [-0.2, -0.15) is 0 Å². The van der Waals surface area contributed by atoms with Gasteiger partial charge in [0.25, 0.3) is 0 Å². The largest absolute Gasteiger partial charge is 0.237 e. The van der Waals surface area contributed by atoms with Crippen molar-refractivity contribution in [3.63, 3.8) is 0 Å². The van der Waals surface area contributed by atoms with E-state index in [9.17, 15) is 4.39 Å². The number of benzene rings is 3. The van der Waals surface area contributed by atoms with Gasteiger partial charge in [-0.1, -0.05) is 54.1 Å². The summed E-state index contributed by atoms with van der Waals surface area (Å²) < 4.78 is 14.9. The molecule has 0 spiro atoms. The summed E-state index contributed by atoms with van der Waals surface area (Å²) in [6.07, 6.45) is -1.03. The predicted molar refractivity (Wildman–Crippen MR) is 81.8 cm³/mol. The van der Waals surface area contributed by atoms with Gasteiger partial charge in [-0.25, -0.2) is 4.39 Å². The van der Waals surface area contributed by atoms with Crippen molar-refractivity contribution in [3.8, 4) is 11.1 Å². The molecular formula is C19H15F. The highest BCUT2D eigenvalue weighted by molar-refractivity contribution is 6.03. The lowest BCUT2D eigenvalue weighted by Gasteiger charge is -2.25. The zero-order valence-electron chi connectivity index (χ0n) is 11.6. The van der Waals surface area contributed by atoms with Crippen molar-refractivity contribution in [2.45, 2.75) is 20.0 Å². The molecule has 0 amide bonds. The zero-order chi connectivity index (χ0) is 13.9. The van der Waals surface area contributed by atoms with E-state index in [2.05, 4.69) is 37.3 Å². The lowest BCUT2D eigenvalue weighted by Crippen LogP contribution is -2.05. The first-order valence-electron chi connectivity index (χ1n) is 6.94. The van der Waals surface area contributed by atoms with Crippen molar-refractivity contribution in [2.75, 3.05) is 0 Å². The topological polar surface area (TPSA) is 0 Å². The lowest BCUT2D eigenvalue weighted by atomic mass is 9.81. The second-order valence-electron chi connectivity index (χ2n) is 5.65. The van der Waals surface area contributed by atoms with Crippen molar-refractivity contribution in [3.05, 3.63) is 70.8 Å². The third-order valence-electron chi connectivity index (χ3n) is 4.33. The quantitative estimate of drug-likeness (QED) is 0.502. The normalized spacial score (nSPS) is 16.2. The second-order valence-corrected chi connectivity index (χ2v) is 5.65. The Balaban J connectivity index is 2.21. The molecule has 1 aliphatic rings. The standard InChI is InChI=1S/C19H15F/c1-11-6-8-14-15-9-7-12(2)13-4-3-5-16(18(13)15)19(20)17(14)10-11/h3-10,19H,1-2H3. The molecule has 4 rings (SSSR count). The molecule has 98 valence electrons. The first kappa shape index (κ1) is 11.7. The summed E-state index contributed by atoms with van der Waals surface area (Å²) >= 11 is 0. The Morgan fingerprint density at radius 2 is 1.65 bits per heavy atom. The van der Waals surface area contributed by atoms with Crippen LogP contribution in [-0.2, 0) is 0 Å². The highest BCUT2D eigenvalue weighted by Crippen LogP contribution is 2.46. The molecule has 0 aliphatic heterocycles. The van der Waals surface area contributed by atoms with Crippen molar-refractivity contribution >= 4 is 10.8 Å². The molecule has 0 radical (unpaired) electrons. The van der Waals surface area contributed by atoms with Crippen molar-refractivity contribution in [1.29, 1.82) is 0 Å². The van der Waals surface area contributed by atoms with Crippen molar-refractivity contribution < 1.29 is 4.39 Å². The maximum absolute atomic E-state index is 14.9. The molecule has 0 heterocycles. The van der Waals surface area contributed by atoms with E-state index in [0.29, 0.717) is 0 Å². The van der Waals surface area contributed by atoms with E-state index in [1.165, 1.54) is 5.56 Å². The minimum atomic E-state index is -1.03. The Labute approximate surface area is 117 Å². The third-order valence-corrected chi connectivity index (χ3v) is 4.33. The van der Waals surface area contributed by atoms with E-state index in [0.717, 1.165) is 38.6 Å². The van der Waals surface area contributed by atoms with E-state index >= 15 is 0 Å². The maximum atomic E-state index is 14.9. The number of hydrogen-bond donors (Lipinski definition) is 0. The fraction of sp³-hybridized carbons (Fsp3) is 0.158. The lowest BCUT2D eigenvalue weighted by molar-refractivity contribution is 0.404. The van der Waals surface area contributed by atoms with E-state index in [1.807, 2.05) is 25.1 Å². The number of aryl methyl sites for hydroxylation is 2. The van der Waals surface area contributed by atoms with Crippen LogP contribution in [-0.4, -0.2) is 0 Å². The van der Waals surface area contributed by atoms with Crippen LogP contribution in [0.4, 0.5) is 4.39 Å². The number of halogens is 1. The van der Waals surface area contributed by atoms with Crippen LogP contribution in [0.15, 0.2) is 48.5 Å². The van der Waals surface area contributed by atoms with Crippen LogP contribution in [0.5, 0.6) is 0 Å². The second kappa shape index (κ2) is 3.92. The molecule has 0 bridgehead atoms. The summed E-state index contributed by atoms with van der Waals surface area (Å²) in [5.74, 6) is 0. The Bertz CT molecular complexity index is 846. The molecule has 0 aromatic heterocycles. The van der Waals surface area contributed by atoms with Crippen LogP contribution in [0.1, 0.15) is 28.4 Å². The molecule has 0 nitrogen and oxygen atoms in total. The molecule has 1 heteroatoms. The van der Waals surface area contributed by atoms with Gasteiger partial charge in [0.2, 0.25) is 0 Å². The van der Waals surface area contributed by atoms with Gasteiger partial charge in [-0.15, -0.1) is 0 Å². The number of fused-ring (bicyclic) bond motifs is 2. The van der Waals surface area contributed by atoms with Gasteiger partial charge >= 0.3 is 0 Å². The molecule has 1 aliphatic carbocycles. The van der Waals surface area contributed by atoms with Gasteiger partial charge in [0.05, 0.1) is 0 Å². The van der Waals surface area contributed by atoms with Gasteiger partial charge in [-0.05, 0) is 52.4 Å². The minimum absolute atomic E-state index is 0.800. The summed E-state index contributed by atoms with van der Waals surface area (Å²) in [4.78, 5) is 0. The summed E-state index contributed by atoms with van der Waals surface area (Å²) in [6.45, 7) is 4.10. The van der Waals surface area contributed by atoms with Crippen LogP contribution in [0.25, 0.3) is 21.9 Å². The molecule has 0 fully saturated rings. The van der Waals surface area contributed by atoms with Crippen LogP contribution >= 0.6 is 0 Å². The minimum Gasteiger partial charge on any atom is -0.237 e.